The molecular weight excluding hydrogens is 296 g/mol. The van der Waals surface area contributed by atoms with Gasteiger partial charge in [-0.1, -0.05) is 61.2 Å². The van der Waals surface area contributed by atoms with Gasteiger partial charge in [0.05, 0.1) is 5.76 Å². The maximum Gasteiger partial charge on any atom is 0.242 e. The Morgan fingerprint density at radius 2 is 1.43 bits per heavy atom. The van der Waals surface area contributed by atoms with Crippen molar-refractivity contribution < 1.29 is 4.43 Å². The Morgan fingerprint density at radius 3 is 1.96 bits per heavy atom. The minimum absolute atomic E-state index is 0.737. The number of rotatable bonds is 4. The first-order valence-corrected chi connectivity index (χ1v) is 11.3. The first-order valence-electron chi connectivity index (χ1n) is 7.90. The van der Waals surface area contributed by atoms with Crippen LogP contribution in [0.1, 0.15) is 5.56 Å². The van der Waals surface area contributed by atoms with Crippen LogP contribution in [-0.4, -0.2) is 8.32 Å². The largest absolute Gasteiger partial charge is 0.545 e. The van der Waals surface area contributed by atoms with E-state index in [-0.39, 0.29) is 0 Å². The summed E-state index contributed by atoms with van der Waals surface area (Å²) in [6.45, 7) is 10.5. The van der Waals surface area contributed by atoms with Gasteiger partial charge in [0.1, 0.15) is 0 Å². The Balaban J connectivity index is 2.12. The van der Waals surface area contributed by atoms with Crippen molar-refractivity contribution in [1.29, 1.82) is 0 Å². The Kier molecular flexibility index (Phi) is 4.10. The van der Waals surface area contributed by atoms with Crippen molar-refractivity contribution in [3.05, 3.63) is 78.6 Å². The van der Waals surface area contributed by atoms with E-state index >= 15 is 0 Å². The van der Waals surface area contributed by atoms with Crippen LogP contribution in [0, 0.1) is 0 Å². The molecule has 0 spiro atoms. The van der Waals surface area contributed by atoms with E-state index in [1.807, 2.05) is 6.08 Å². The molecule has 0 aliphatic heterocycles. The third kappa shape index (κ3) is 3.54. The molecule has 3 rings (SSSR count). The maximum atomic E-state index is 5.94. The van der Waals surface area contributed by atoms with Gasteiger partial charge in [-0.15, -0.1) is 0 Å². The molecule has 0 fully saturated rings. The van der Waals surface area contributed by atoms with Gasteiger partial charge in [-0.25, -0.2) is 0 Å². The molecular formula is C21H22OSi. The van der Waals surface area contributed by atoms with Crippen molar-refractivity contribution >= 4 is 35.9 Å². The maximum absolute atomic E-state index is 5.94. The molecule has 0 bridgehead atoms. The van der Waals surface area contributed by atoms with Crippen molar-refractivity contribution in [3.8, 4) is 0 Å². The summed E-state index contributed by atoms with van der Waals surface area (Å²) >= 11 is 0. The molecule has 2 heteroatoms. The average molecular weight is 318 g/mol. The van der Waals surface area contributed by atoms with Crippen LogP contribution in [0.3, 0.4) is 0 Å². The van der Waals surface area contributed by atoms with E-state index in [1.165, 1.54) is 27.1 Å². The van der Waals surface area contributed by atoms with Crippen molar-refractivity contribution in [2.75, 3.05) is 0 Å². The van der Waals surface area contributed by atoms with Gasteiger partial charge in [-0.3, -0.25) is 0 Å². The fourth-order valence-corrected chi connectivity index (χ4v) is 3.69. The second kappa shape index (κ2) is 6.05. The van der Waals surface area contributed by atoms with E-state index in [9.17, 15) is 0 Å². The van der Waals surface area contributed by atoms with Gasteiger partial charge in [0.25, 0.3) is 0 Å². The van der Waals surface area contributed by atoms with Crippen molar-refractivity contribution in [2.24, 2.45) is 0 Å². The zero-order chi connectivity index (χ0) is 16.4. The summed E-state index contributed by atoms with van der Waals surface area (Å²) in [7, 11) is -1.62. The Labute approximate surface area is 139 Å². The number of hydrogen-bond acceptors (Lipinski definition) is 1. The van der Waals surface area contributed by atoms with E-state index in [0.717, 1.165) is 5.76 Å². The van der Waals surface area contributed by atoms with Gasteiger partial charge in [0.15, 0.2) is 0 Å². The number of benzene rings is 3. The quantitative estimate of drug-likeness (QED) is 0.235. The molecule has 0 unspecified atom stereocenters. The smallest absolute Gasteiger partial charge is 0.242 e. The highest BCUT2D eigenvalue weighted by Gasteiger charge is 2.15. The van der Waals surface area contributed by atoms with E-state index in [2.05, 4.69) is 86.9 Å². The molecule has 0 atom stereocenters. The molecule has 3 aromatic rings. The van der Waals surface area contributed by atoms with Crippen LogP contribution < -0.4 is 0 Å². The predicted octanol–water partition coefficient (Wildman–Crippen LogP) is 6.37. The SMILES string of the molecule is C=C(/C=C/c1c2ccccc2cc2ccccc12)O[Si](C)(C)C. The van der Waals surface area contributed by atoms with Gasteiger partial charge in [0, 0.05) is 0 Å². The Morgan fingerprint density at radius 1 is 0.913 bits per heavy atom. The molecule has 116 valence electrons. The first-order chi connectivity index (χ1) is 10.9. The first kappa shape index (κ1) is 15.6. The fourth-order valence-electron chi connectivity index (χ4n) is 2.83. The van der Waals surface area contributed by atoms with E-state index in [1.54, 1.807) is 0 Å². The molecule has 23 heavy (non-hydrogen) atoms. The zero-order valence-corrected chi connectivity index (χ0v) is 15.0. The molecule has 0 aliphatic rings. The fraction of sp³-hybridized carbons (Fsp3) is 0.143. The van der Waals surface area contributed by atoms with Gasteiger partial charge < -0.3 is 4.43 Å². The predicted molar refractivity (Wildman–Crippen MR) is 104 cm³/mol. The minimum atomic E-state index is -1.62. The summed E-state index contributed by atoms with van der Waals surface area (Å²) in [6, 6.07) is 19.2. The number of hydrogen-bond donors (Lipinski definition) is 0. The van der Waals surface area contributed by atoms with Gasteiger partial charge in [0.2, 0.25) is 8.32 Å². The summed E-state index contributed by atoms with van der Waals surface area (Å²) in [5, 5.41) is 5.01. The highest BCUT2D eigenvalue weighted by molar-refractivity contribution is 6.70. The highest BCUT2D eigenvalue weighted by Crippen LogP contribution is 2.29. The third-order valence-corrected chi connectivity index (χ3v) is 4.56. The minimum Gasteiger partial charge on any atom is -0.545 e. The summed E-state index contributed by atoms with van der Waals surface area (Å²) in [5.74, 6) is 0.737. The summed E-state index contributed by atoms with van der Waals surface area (Å²) < 4.78 is 5.94. The van der Waals surface area contributed by atoms with E-state index in [4.69, 9.17) is 4.43 Å². The van der Waals surface area contributed by atoms with Gasteiger partial charge in [-0.05, 0) is 58.9 Å². The van der Waals surface area contributed by atoms with E-state index < -0.39 is 8.32 Å². The monoisotopic (exact) mass is 318 g/mol. The molecule has 0 aromatic heterocycles. The Bertz CT molecular complexity index is 846. The highest BCUT2D eigenvalue weighted by atomic mass is 28.4. The van der Waals surface area contributed by atoms with Crippen LogP contribution in [0.25, 0.3) is 27.6 Å². The average Bonchev–Trinajstić information content (AvgIpc) is 2.49. The van der Waals surface area contributed by atoms with Crippen LogP contribution in [0.5, 0.6) is 0 Å². The number of allylic oxidation sites excluding steroid dienone is 1. The molecule has 0 saturated carbocycles. The summed E-state index contributed by atoms with van der Waals surface area (Å²) in [4.78, 5) is 0. The third-order valence-electron chi connectivity index (χ3n) is 3.69. The van der Waals surface area contributed by atoms with Crippen LogP contribution in [0.4, 0.5) is 0 Å². The molecule has 0 heterocycles. The van der Waals surface area contributed by atoms with Crippen LogP contribution in [-0.2, 0) is 4.43 Å². The van der Waals surface area contributed by atoms with Crippen LogP contribution in [0.2, 0.25) is 19.6 Å². The standard InChI is InChI=1S/C21H22OSi/c1-16(22-23(2,3)4)13-14-21-19-11-7-5-9-17(19)15-18-10-6-8-12-20(18)21/h5-15H,1H2,2-4H3/b14-13+. The molecule has 3 aromatic carbocycles. The lowest BCUT2D eigenvalue weighted by molar-refractivity contribution is 0.445. The second-order valence-corrected chi connectivity index (χ2v) is 11.2. The molecule has 0 radical (unpaired) electrons. The van der Waals surface area contributed by atoms with Crippen LogP contribution >= 0.6 is 0 Å². The van der Waals surface area contributed by atoms with Crippen molar-refractivity contribution in [3.63, 3.8) is 0 Å². The topological polar surface area (TPSA) is 9.23 Å². The normalized spacial score (nSPS) is 12.1. The van der Waals surface area contributed by atoms with Crippen molar-refractivity contribution in [1.82, 2.24) is 0 Å². The number of fused-ring (bicyclic) bond motifs is 2. The van der Waals surface area contributed by atoms with E-state index in [0.29, 0.717) is 0 Å². The molecule has 0 saturated heterocycles. The van der Waals surface area contributed by atoms with Gasteiger partial charge >= 0.3 is 0 Å². The zero-order valence-electron chi connectivity index (χ0n) is 14.0. The molecule has 0 N–H and O–H groups in total. The molecule has 0 amide bonds. The lowest BCUT2D eigenvalue weighted by atomic mass is 9.96. The van der Waals surface area contributed by atoms with Crippen molar-refractivity contribution in [2.45, 2.75) is 19.6 Å². The summed E-state index contributed by atoms with van der Waals surface area (Å²) in [6.07, 6.45) is 4.12. The summed E-state index contributed by atoms with van der Waals surface area (Å²) in [5.41, 5.74) is 1.22. The molecule has 1 nitrogen and oxygen atoms in total. The lowest BCUT2D eigenvalue weighted by Crippen LogP contribution is -2.23. The lowest BCUT2D eigenvalue weighted by Gasteiger charge is -2.19. The molecule has 0 aliphatic carbocycles. The Hall–Kier alpha value is -2.32. The second-order valence-electron chi connectivity index (χ2n) is 6.75. The van der Waals surface area contributed by atoms with Crippen LogP contribution in [0.15, 0.2) is 73.0 Å². The van der Waals surface area contributed by atoms with Gasteiger partial charge in [-0.2, -0.15) is 0 Å².